The van der Waals surface area contributed by atoms with Crippen molar-refractivity contribution < 1.29 is 5.11 Å². The molecule has 1 fully saturated rings. The number of aryl methyl sites for hydroxylation is 2. The molecule has 0 heterocycles. The van der Waals surface area contributed by atoms with Gasteiger partial charge in [0, 0.05) is 17.5 Å². The molecule has 0 spiro atoms. The van der Waals surface area contributed by atoms with Crippen LogP contribution in [0.15, 0.2) is 12.1 Å². The highest BCUT2D eigenvalue weighted by atomic mass is 16.3. The van der Waals surface area contributed by atoms with Gasteiger partial charge in [0.05, 0.1) is 0 Å². The van der Waals surface area contributed by atoms with Crippen LogP contribution in [-0.2, 0) is 18.3 Å². The third kappa shape index (κ3) is 1.28. The van der Waals surface area contributed by atoms with Crippen molar-refractivity contribution in [3.05, 3.63) is 28.8 Å². The molecule has 1 aromatic carbocycles. The monoisotopic (exact) mass is 203 g/mol. The first-order chi connectivity index (χ1) is 7.25. The standard InChI is InChI=1S/C13H17NO/c14-8-13(4-5-13)11-6-9-2-1-3-10(9)7-12(11)15/h6-7,15H,1-5,8,14H2. The van der Waals surface area contributed by atoms with Crippen molar-refractivity contribution in [3.63, 3.8) is 0 Å². The van der Waals surface area contributed by atoms with E-state index in [1.54, 1.807) is 0 Å². The Morgan fingerprint density at radius 3 is 2.47 bits per heavy atom. The van der Waals surface area contributed by atoms with Crippen LogP contribution in [0.5, 0.6) is 5.75 Å². The summed E-state index contributed by atoms with van der Waals surface area (Å²) in [6, 6.07) is 4.17. The number of rotatable bonds is 2. The molecule has 0 unspecified atom stereocenters. The fourth-order valence-corrected chi connectivity index (χ4v) is 2.77. The molecule has 0 amide bonds. The molecule has 2 aliphatic rings. The zero-order valence-electron chi connectivity index (χ0n) is 8.92. The van der Waals surface area contributed by atoms with Gasteiger partial charge in [-0.05, 0) is 49.3 Å². The van der Waals surface area contributed by atoms with Crippen molar-refractivity contribution in [2.75, 3.05) is 6.54 Å². The summed E-state index contributed by atoms with van der Waals surface area (Å²) in [7, 11) is 0. The van der Waals surface area contributed by atoms with E-state index < -0.39 is 0 Å². The Labute approximate surface area is 90.1 Å². The molecule has 1 saturated carbocycles. The number of fused-ring (bicyclic) bond motifs is 1. The number of nitrogens with two attached hydrogens (primary N) is 1. The second-order valence-electron chi connectivity index (χ2n) is 4.98. The van der Waals surface area contributed by atoms with Crippen molar-refractivity contribution >= 4 is 0 Å². The average Bonchev–Trinajstić information content (AvgIpc) is 2.91. The minimum absolute atomic E-state index is 0.113. The third-order valence-corrected chi connectivity index (χ3v) is 4.03. The number of hydrogen-bond acceptors (Lipinski definition) is 2. The summed E-state index contributed by atoms with van der Waals surface area (Å²) in [5, 5.41) is 10.0. The highest BCUT2D eigenvalue weighted by Gasteiger charge is 2.45. The first-order valence-corrected chi connectivity index (χ1v) is 5.80. The molecule has 3 N–H and O–H groups in total. The Morgan fingerprint density at radius 2 is 1.87 bits per heavy atom. The Morgan fingerprint density at radius 1 is 1.20 bits per heavy atom. The van der Waals surface area contributed by atoms with Gasteiger partial charge in [0.2, 0.25) is 0 Å². The fraction of sp³-hybridized carbons (Fsp3) is 0.538. The minimum Gasteiger partial charge on any atom is -0.508 e. The first kappa shape index (κ1) is 9.22. The minimum atomic E-state index is 0.113. The highest BCUT2D eigenvalue weighted by Crippen LogP contribution is 2.51. The number of phenols is 1. The van der Waals surface area contributed by atoms with E-state index >= 15 is 0 Å². The lowest BCUT2D eigenvalue weighted by Crippen LogP contribution is -2.20. The number of hydrogen-bond donors (Lipinski definition) is 2. The van der Waals surface area contributed by atoms with E-state index in [9.17, 15) is 5.11 Å². The van der Waals surface area contributed by atoms with Gasteiger partial charge in [0.15, 0.2) is 0 Å². The van der Waals surface area contributed by atoms with Gasteiger partial charge in [-0.3, -0.25) is 0 Å². The first-order valence-electron chi connectivity index (χ1n) is 5.80. The molecular formula is C13H17NO. The van der Waals surface area contributed by atoms with E-state index in [4.69, 9.17) is 5.73 Å². The maximum Gasteiger partial charge on any atom is 0.119 e. The molecule has 0 aliphatic heterocycles. The van der Waals surface area contributed by atoms with Gasteiger partial charge in [0.25, 0.3) is 0 Å². The van der Waals surface area contributed by atoms with E-state index in [0.717, 1.165) is 24.8 Å². The molecule has 80 valence electrons. The Bertz CT molecular complexity index is 407. The van der Waals surface area contributed by atoms with Crippen LogP contribution in [0, 0.1) is 0 Å². The quantitative estimate of drug-likeness (QED) is 0.770. The van der Waals surface area contributed by atoms with Gasteiger partial charge in [-0.25, -0.2) is 0 Å². The van der Waals surface area contributed by atoms with E-state index in [1.165, 1.54) is 24.0 Å². The van der Waals surface area contributed by atoms with E-state index in [1.807, 2.05) is 6.07 Å². The molecule has 2 aliphatic carbocycles. The lowest BCUT2D eigenvalue weighted by molar-refractivity contribution is 0.458. The van der Waals surface area contributed by atoms with Crippen LogP contribution < -0.4 is 5.73 Å². The Hall–Kier alpha value is -1.02. The van der Waals surface area contributed by atoms with Crippen molar-refractivity contribution in [2.24, 2.45) is 5.73 Å². The molecule has 2 heteroatoms. The maximum atomic E-state index is 10.0. The molecule has 1 aromatic rings. The smallest absolute Gasteiger partial charge is 0.119 e. The summed E-state index contributed by atoms with van der Waals surface area (Å²) in [4.78, 5) is 0. The van der Waals surface area contributed by atoms with Crippen LogP contribution in [0.2, 0.25) is 0 Å². The van der Waals surface area contributed by atoms with Gasteiger partial charge in [-0.15, -0.1) is 0 Å². The zero-order chi connectivity index (χ0) is 10.5. The normalized spacial score (nSPS) is 21.4. The molecular weight excluding hydrogens is 186 g/mol. The predicted molar refractivity (Wildman–Crippen MR) is 60.1 cm³/mol. The summed E-state index contributed by atoms with van der Waals surface area (Å²) >= 11 is 0. The van der Waals surface area contributed by atoms with Gasteiger partial charge >= 0.3 is 0 Å². The fourth-order valence-electron chi connectivity index (χ4n) is 2.77. The van der Waals surface area contributed by atoms with Crippen LogP contribution in [0.3, 0.4) is 0 Å². The number of phenolic OH excluding ortho intramolecular Hbond substituents is 1. The third-order valence-electron chi connectivity index (χ3n) is 4.03. The molecule has 0 radical (unpaired) electrons. The van der Waals surface area contributed by atoms with Crippen LogP contribution in [-0.4, -0.2) is 11.7 Å². The lowest BCUT2D eigenvalue weighted by atomic mass is 9.92. The molecule has 0 saturated heterocycles. The number of benzene rings is 1. The molecule has 15 heavy (non-hydrogen) atoms. The largest absolute Gasteiger partial charge is 0.508 e. The average molecular weight is 203 g/mol. The molecule has 3 rings (SSSR count). The van der Waals surface area contributed by atoms with E-state index in [0.29, 0.717) is 12.3 Å². The van der Waals surface area contributed by atoms with Crippen molar-refractivity contribution in [2.45, 2.75) is 37.5 Å². The predicted octanol–water partition coefficient (Wildman–Crippen LogP) is 1.87. The van der Waals surface area contributed by atoms with Crippen LogP contribution in [0.4, 0.5) is 0 Å². The maximum absolute atomic E-state index is 10.0. The van der Waals surface area contributed by atoms with E-state index in [-0.39, 0.29) is 5.41 Å². The topological polar surface area (TPSA) is 46.2 Å². The summed E-state index contributed by atoms with van der Waals surface area (Å²) in [5.74, 6) is 0.471. The zero-order valence-corrected chi connectivity index (χ0v) is 8.92. The van der Waals surface area contributed by atoms with Gasteiger partial charge < -0.3 is 10.8 Å². The van der Waals surface area contributed by atoms with Crippen LogP contribution in [0.1, 0.15) is 36.0 Å². The van der Waals surface area contributed by atoms with E-state index in [2.05, 4.69) is 6.07 Å². The SMILES string of the molecule is NCC1(c2cc3c(cc2O)CCC3)CC1. The van der Waals surface area contributed by atoms with Crippen LogP contribution in [0.25, 0.3) is 0 Å². The van der Waals surface area contributed by atoms with Gasteiger partial charge in [-0.1, -0.05) is 6.07 Å². The highest BCUT2D eigenvalue weighted by molar-refractivity contribution is 5.49. The Balaban J connectivity index is 2.09. The van der Waals surface area contributed by atoms with Crippen LogP contribution >= 0.6 is 0 Å². The number of aromatic hydroxyl groups is 1. The second-order valence-corrected chi connectivity index (χ2v) is 4.98. The summed E-state index contributed by atoms with van der Waals surface area (Å²) in [6.45, 7) is 0.666. The molecule has 0 bridgehead atoms. The Kier molecular flexibility index (Phi) is 1.84. The second kappa shape index (κ2) is 2.99. The molecule has 0 aromatic heterocycles. The molecule has 2 nitrogen and oxygen atoms in total. The lowest BCUT2D eigenvalue weighted by Gasteiger charge is -2.16. The van der Waals surface area contributed by atoms with Crippen molar-refractivity contribution in [1.82, 2.24) is 0 Å². The molecule has 0 atom stereocenters. The summed E-state index contributed by atoms with van der Waals surface area (Å²) < 4.78 is 0. The van der Waals surface area contributed by atoms with Gasteiger partial charge in [0.1, 0.15) is 5.75 Å². The summed E-state index contributed by atoms with van der Waals surface area (Å²) in [6.07, 6.45) is 5.79. The van der Waals surface area contributed by atoms with Crippen molar-refractivity contribution in [1.29, 1.82) is 0 Å². The summed E-state index contributed by atoms with van der Waals surface area (Å²) in [5.41, 5.74) is 9.79. The van der Waals surface area contributed by atoms with Gasteiger partial charge in [-0.2, -0.15) is 0 Å². The van der Waals surface area contributed by atoms with Crippen molar-refractivity contribution in [3.8, 4) is 5.75 Å².